The smallest absolute Gasteiger partial charge is 0.344 e. The molecule has 0 amide bonds. The van der Waals surface area contributed by atoms with Gasteiger partial charge in [0.1, 0.15) is 36.2 Å². The highest BCUT2D eigenvalue weighted by atomic mass is 16.6. The molecule has 2 aliphatic rings. The minimum Gasteiger partial charge on any atom is -0.482 e. The fourth-order valence-corrected chi connectivity index (χ4v) is 4.47. The Hall–Kier alpha value is -5.20. The molecule has 0 bridgehead atoms. The molecule has 2 aliphatic heterocycles. The van der Waals surface area contributed by atoms with Crippen LogP contribution in [0.1, 0.15) is 11.1 Å². The van der Waals surface area contributed by atoms with Crippen LogP contribution in [-0.2, 0) is 38.1 Å². The third-order valence-electron chi connectivity index (χ3n) is 6.53. The Morgan fingerprint density at radius 2 is 0.977 bits per heavy atom. The second-order valence-corrected chi connectivity index (χ2v) is 9.43. The molecule has 0 aliphatic carbocycles. The normalized spacial score (nSPS) is 13.1. The molecule has 0 fully saturated rings. The number of benzene rings is 3. The second kappa shape index (κ2) is 13.8. The maximum Gasteiger partial charge on any atom is 0.344 e. The van der Waals surface area contributed by atoms with Crippen molar-refractivity contribution < 1.29 is 57.1 Å². The Kier molecular flexibility index (Phi) is 9.52. The summed E-state index contributed by atoms with van der Waals surface area (Å²) in [5.74, 6) is -0.808. The first kappa shape index (κ1) is 30.3. The number of carbonyl (C=O) groups is 4. The van der Waals surface area contributed by atoms with Crippen LogP contribution in [0.2, 0.25) is 0 Å². The summed E-state index contributed by atoms with van der Waals surface area (Å²) in [4.78, 5) is 49.3. The molecule has 0 atom stereocenters. The molecule has 0 N–H and O–H groups in total. The zero-order valence-corrected chi connectivity index (χ0v) is 23.9. The van der Waals surface area contributed by atoms with E-state index in [1.807, 2.05) is 0 Å². The Balaban J connectivity index is 1.33. The van der Waals surface area contributed by atoms with E-state index < -0.39 is 23.9 Å². The van der Waals surface area contributed by atoms with Crippen molar-refractivity contribution in [3.05, 3.63) is 82.2 Å². The lowest BCUT2D eigenvalue weighted by Crippen LogP contribution is -2.17. The molecule has 44 heavy (non-hydrogen) atoms. The van der Waals surface area contributed by atoms with Crippen LogP contribution in [0.3, 0.4) is 0 Å². The number of methoxy groups -OCH3 is 2. The van der Waals surface area contributed by atoms with Crippen molar-refractivity contribution in [2.45, 2.75) is 0 Å². The van der Waals surface area contributed by atoms with E-state index in [2.05, 4.69) is 0 Å². The van der Waals surface area contributed by atoms with Crippen molar-refractivity contribution in [3.63, 3.8) is 0 Å². The molecule has 12 nitrogen and oxygen atoms in total. The summed E-state index contributed by atoms with van der Waals surface area (Å²) in [5.41, 5.74) is 1.69. The summed E-state index contributed by atoms with van der Waals surface area (Å²) in [6, 6.07) is 16.3. The van der Waals surface area contributed by atoms with Gasteiger partial charge in [0.05, 0.1) is 24.4 Å². The average molecular weight is 605 g/mol. The Labute approximate surface area is 251 Å². The molecule has 3 aromatic carbocycles. The zero-order chi connectivity index (χ0) is 31.1. The average Bonchev–Trinajstić information content (AvgIpc) is 3.52. The van der Waals surface area contributed by atoms with Gasteiger partial charge in [-0.3, -0.25) is 0 Å². The van der Waals surface area contributed by atoms with Gasteiger partial charge in [0.15, 0.2) is 13.2 Å². The first-order chi connectivity index (χ1) is 21.4. The Morgan fingerprint density at radius 3 is 1.34 bits per heavy atom. The SMILES string of the molecule is COCCOC(=O)COc1ccc(C2=c3cc4c(cc3OC2=O)=C(c2ccc(OCC(=O)OCCOC)cc2)C(=O)O4)cc1. The molecular weight excluding hydrogens is 576 g/mol. The maximum atomic E-state index is 12.9. The molecule has 228 valence electrons. The van der Waals surface area contributed by atoms with Gasteiger partial charge in [0.25, 0.3) is 0 Å². The van der Waals surface area contributed by atoms with Gasteiger partial charge in [-0.1, -0.05) is 24.3 Å². The van der Waals surface area contributed by atoms with Crippen LogP contribution in [0.4, 0.5) is 0 Å². The summed E-state index contributed by atoms with van der Waals surface area (Å²) < 4.78 is 41.6. The number of esters is 4. The van der Waals surface area contributed by atoms with Crippen LogP contribution in [0.25, 0.3) is 11.1 Å². The Bertz CT molecular complexity index is 1560. The monoisotopic (exact) mass is 604 g/mol. The highest BCUT2D eigenvalue weighted by Crippen LogP contribution is 2.28. The van der Waals surface area contributed by atoms with Crippen LogP contribution in [0.5, 0.6) is 23.0 Å². The van der Waals surface area contributed by atoms with E-state index in [0.717, 1.165) is 0 Å². The molecule has 5 rings (SSSR count). The molecule has 0 radical (unpaired) electrons. The maximum absolute atomic E-state index is 12.9. The van der Waals surface area contributed by atoms with Gasteiger partial charge in [0, 0.05) is 24.7 Å². The van der Waals surface area contributed by atoms with E-state index >= 15 is 0 Å². The van der Waals surface area contributed by atoms with E-state index in [9.17, 15) is 19.2 Å². The molecule has 3 aromatic rings. The minimum absolute atomic E-state index is 0.132. The highest BCUT2D eigenvalue weighted by Gasteiger charge is 2.30. The number of hydrogen-bond acceptors (Lipinski definition) is 12. The van der Waals surface area contributed by atoms with E-state index in [1.165, 1.54) is 14.2 Å². The van der Waals surface area contributed by atoms with Crippen molar-refractivity contribution in [2.75, 3.05) is 53.9 Å². The summed E-state index contributed by atoms with van der Waals surface area (Å²) in [7, 11) is 3.01. The largest absolute Gasteiger partial charge is 0.482 e. The number of carbonyl (C=O) groups excluding carboxylic acids is 4. The standard InChI is InChI=1S/C32H28O12/c1-37-11-13-39-27(33)17-41-21-7-3-19(4-8-21)29-23-15-26-24(16-25(23)43-31(29)35)30(32(36)44-26)20-5-9-22(10-6-20)42-18-28(34)40-14-12-38-2/h3-10,15-16H,11-14,17-18H2,1-2H3. The second-order valence-electron chi connectivity index (χ2n) is 9.43. The molecule has 0 unspecified atom stereocenters. The predicted molar refractivity (Wildman–Crippen MR) is 152 cm³/mol. The van der Waals surface area contributed by atoms with Crippen LogP contribution < -0.4 is 29.4 Å². The van der Waals surface area contributed by atoms with Gasteiger partial charge in [-0.2, -0.15) is 0 Å². The number of rotatable bonds is 14. The minimum atomic E-state index is -0.561. The molecule has 0 aromatic heterocycles. The molecule has 0 spiro atoms. The predicted octanol–water partition coefficient (Wildman–Crippen LogP) is 1.06. The summed E-state index contributed by atoms with van der Waals surface area (Å²) in [5, 5.41) is 0.943. The highest BCUT2D eigenvalue weighted by molar-refractivity contribution is 6.21. The van der Waals surface area contributed by atoms with Gasteiger partial charge in [-0.05, 0) is 47.5 Å². The van der Waals surface area contributed by atoms with Gasteiger partial charge in [0.2, 0.25) is 0 Å². The molecule has 0 saturated carbocycles. The van der Waals surface area contributed by atoms with Gasteiger partial charge in [-0.15, -0.1) is 0 Å². The number of fused-ring (bicyclic) bond motifs is 2. The van der Waals surface area contributed by atoms with Crippen molar-refractivity contribution >= 4 is 35.0 Å². The zero-order valence-electron chi connectivity index (χ0n) is 23.9. The molecule has 2 heterocycles. The van der Waals surface area contributed by atoms with Crippen molar-refractivity contribution in [3.8, 4) is 23.0 Å². The number of hydrogen-bond donors (Lipinski definition) is 0. The van der Waals surface area contributed by atoms with Crippen LogP contribution in [-0.4, -0.2) is 77.7 Å². The summed E-state index contributed by atoms with van der Waals surface area (Å²) >= 11 is 0. The van der Waals surface area contributed by atoms with Crippen molar-refractivity contribution in [1.29, 1.82) is 0 Å². The third-order valence-corrected chi connectivity index (χ3v) is 6.53. The molecule has 12 heteroatoms. The van der Waals surface area contributed by atoms with Gasteiger partial charge in [-0.25, -0.2) is 19.2 Å². The first-order valence-corrected chi connectivity index (χ1v) is 13.5. The Morgan fingerprint density at radius 1 is 0.591 bits per heavy atom. The summed E-state index contributed by atoms with van der Waals surface area (Å²) in [6.07, 6.45) is 0. The lowest BCUT2D eigenvalue weighted by Gasteiger charge is -2.07. The van der Waals surface area contributed by atoms with E-state index in [1.54, 1.807) is 60.7 Å². The van der Waals surface area contributed by atoms with E-state index in [0.29, 0.717) is 44.2 Å². The van der Waals surface area contributed by atoms with Gasteiger partial charge >= 0.3 is 23.9 Å². The fourth-order valence-electron chi connectivity index (χ4n) is 4.47. The van der Waals surface area contributed by atoms with E-state index in [4.69, 9.17) is 37.9 Å². The number of ether oxygens (including phenoxy) is 8. The quantitative estimate of drug-likeness (QED) is 0.148. The van der Waals surface area contributed by atoms with Gasteiger partial charge < -0.3 is 37.9 Å². The lowest BCUT2D eigenvalue weighted by atomic mass is 10.0. The van der Waals surface area contributed by atoms with Crippen molar-refractivity contribution in [1.82, 2.24) is 0 Å². The van der Waals surface area contributed by atoms with Crippen LogP contribution in [0, 0.1) is 0 Å². The fraction of sp³-hybridized carbons (Fsp3) is 0.250. The van der Waals surface area contributed by atoms with Crippen molar-refractivity contribution in [2.24, 2.45) is 0 Å². The lowest BCUT2D eigenvalue weighted by molar-refractivity contribution is -0.148. The topological polar surface area (TPSA) is 142 Å². The molecule has 0 saturated heterocycles. The van der Waals surface area contributed by atoms with Crippen LogP contribution in [0.15, 0.2) is 60.7 Å². The summed E-state index contributed by atoms with van der Waals surface area (Å²) in [6.45, 7) is 0.288. The van der Waals surface area contributed by atoms with E-state index in [-0.39, 0.29) is 51.1 Å². The first-order valence-electron chi connectivity index (χ1n) is 13.5. The van der Waals surface area contributed by atoms with Crippen LogP contribution >= 0.6 is 0 Å². The molecular formula is C32H28O12. The third kappa shape index (κ3) is 6.88.